The second kappa shape index (κ2) is 9.47. The van der Waals surface area contributed by atoms with Crippen molar-refractivity contribution in [2.24, 2.45) is 0 Å². The van der Waals surface area contributed by atoms with E-state index in [-0.39, 0.29) is 12.4 Å². The molecule has 0 saturated carbocycles. The maximum absolute atomic E-state index is 11.7. The smallest absolute Gasteiger partial charge is 0.231 e. The van der Waals surface area contributed by atoms with Gasteiger partial charge in [-0.1, -0.05) is 18.2 Å². The summed E-state index contributed by atoms with van der Waals surface area (Å²) in [7, 11) is 0. The molecule has 2 aliphatic rings. The number of aliphatic hydroxyl groups excluding tert-OH is 1. The summed E-state index contributed by atoms with van der Waals surface area (Å²) in [5.74, 6) is 2.11. The Bertz CT molecular complexity index is 880. The maximum atomic E-state index is 11.7. The van der Waals surface area contributed by atoms with Gasteiger partial charge < -0.3 is 19.3 Å². The average molecular weight is 412 g/mol. The van der Waals surface area contributed by atoms with Gasteiger partial charge in [0, 0.05) is 39.3 Å². The zero-order chi connectivity index (χ0) is 20.9. The number of fused-ring (bicyclic) bond motifs is 1. The molecule has 7 nitrogen and oxygen atoms in total. The van der Waals surface area contributed by atoms with E-state index in [0.29, 0.717) is 24.7 Å². The molecule has 2 heterocycles. The van der Waals surface area contributed by atoms with E-state index in [0.717, 1.165) is 44.2 Å². The molecule has 2 aliphatic heterocycles. The van der Waals surface area contributed by atoms with Gasteiger partial charge in [-0.15, -0.1) is 0 Å². The summed E-state index contributed by atoms with van der Waals surface area (Å²) in [4.78, 5) is 16.3. The molecule has 1 N–H and O–H groups in total. The van der Waals surface area contributed by atoms with E-state index in [1.807, 2.05) is 18.2 Å². The van der Waals surface area contributed by atoms with Gasteiger partial charge in [-0.3, -0.25) is 14.6 Å². The minimum absolute atomic E-state index is 0.0429. The zero-order valence-electron chi connectivity index (χ0n) is 17.3. The molecule has 0 radical (unpaired) electrons. The molecule has 0 unspecified atom stereocenters. The predicted octanol–water partition coefficient (Wildman–Crippen LogP) is 2.18. The summed E-state index contributed by atoms with van der Waals surface area (Å²) < 4.78 is 16.5. The number of ketones is 1. The highest BCUT2D eigenvalue weighted by molar-refractivity contribution is 5.96. The van der Waals surface area contributed by atoms with Crippen LogP contribution in [0.4, 0.5) is 0 Å². The zero-order valence-corrected chi connectivity index (χ0v) is 17.3. The highest BCUT2D eigenvalue weighted by Gasteiger charge is 2.21. The lowest BCUT2D eigenvalue weighted by Crippen LogP contribution is -2.48. The molecule has 4 rings (SSSR count). The number of carbonyl (C=O) groups is 1. The topological polar surface area (TPSA) is 71.5 Å². The van der Waals surface area contributed by atoms with E-state index in [9.17, 15) is 9.90 Å². The van der Waals surface area contributed by atoms with Crippen LogP contribution in [0.15, 0.2) is 42.5 Å². The Morgan fingerprint density at radius 1 is 1.07 bits per heavy atom. The fourth-order valence-corrected chi connectivity index (χ4v) is 3.85. The molecule has 1 saturated heterocycles. The second-order valence-corrected chi connectivity index (χ2v) is 7.78. The number of carbonyl (C=O) groups excluding carboxylic acids is 1. The van der Waals surface area contributed by atoms with Gasteiger partial charge in [-0.05, 0) is 36.8 Å². The fourth-order valence-electron chi connectivity index (χ4n) is 3.85. The van der Waals surface area contributed by atoms with Gasteiger partial charge in [-0.25, -0.2) is 0 Å². The first-order valence-electron chi connectivity index (χ1n) is 10.3. The number of nitrogens with zero attached hydrogens (tertiary/aromatic N) is 2. The number of rotatable bonds is 8. The molecule has 1 atom stereocenters. The van der Waals surface area contributed by atoms with Gasteiger partial charge in [-0.2, -0.15) is 0 Å². The van der Waals surface area contributed by atoms with Gasteiger partial charge in [0.1, 0.15) is 18.5 Å². The van der Waals surface area contributed by atoms with Crippen LogP contribution in [-0.2, 0) is 6.54 Å². The third-order valence-electron chi connectivity index (χ3n) is 5.47. The van der Waals surface area contributed by atoms with E-state index in [2.05, 4.69) is 21.9 Å². The number of aliphatic hydroxyl groups is 1. The van der Waals surface area contributed by atoms with Crippen molar-refractivity contribution < 1.29 is 24.1 Å². The Kier molecular flexibility index (Phi) is 6.52. The molecule has 0 spiro atoms. The molecule has 2 aromatic carbocycles. The van der Waals surface area contributed by atoms with Crippen molar-refractivity contribution in [1.82, 2.24) is 9.80 Å². The quantitative estimate of drug-likeness (QED) is 0.667. The summed E-state index contributed by atoms with van der Waals surface area (Å²) in [5.41, 5.74) is 1.76. The van der Waals surface area contributed by atoms with Crippen molar-refractivity contribution in [3.05, 3.63) is 53.6 Å². The first-order chi connectivity index (χ1) is 14.6. The molecule has 0 bridgehead atoms. The standard InChI is InChI=1S/C23H28N2O5/c1-17(26)20-4-2-3-5-21(20)28-15-19(27)14-25-10-8-24(9-11-25)13-18-6-7-22-23(12-18)30-16-29-22/h2-7,12,19,27H,8-11,13-16H2,1H3/t19-/m1/s1. The number of piperazine rings is 1. The van der Waals surface area contributed by atoms with E-state index >= 15 is 0 Å². The third kappa shape index (κ3) is 5.11. The lowest BCUT2D eigenvalue weighted by molar-refractivity contribution is 0.0443. The lowest BCUT2D eigenvalue weighted by atomic mass is 10.1. The van der Waals surface area contributed by atoms with Crippen LogP contribution in [0.3, 0.4) is 0 Å². The third-order valence-corrected chi connectivity index (χ3v) is 5.47. The SMILES string of the molecule is CC(=O)c1ccccc1OC[C@H](O)CN1CCN(Cc2ccc3c(c2)OCO3)CC1. The number of Topliss-reactive ketones (excluding diaryl/α,β-unsaturated/α-hetero) is 1. The number of benzene rings is 2. The first-order valence-corrected chi connectivity index (χ1v) is 10.3. The van der Waals surface area contributed by atoms with Crippen LogP contribution in [0.2, 0.25) is 0 Å². The van der Waals surface area contributed by atoms with Gasteiger partial charge >= 0.3 is 0 Å². The molecule has 0 aliphatic carbocycles. The van der Waals surface area contributed by atoms with Crippen LogP contribution in [0.5, 0.6) is 17.2 Å². The Balaban J connectivity index is 1.20. The van der Waals surface area contributed by atoms with E-state index < -0.39 is 6.10 Å². The Hall–Kier alpha value is -2.61. The van der Waals surface area contributed by atoms with Crippen molar-refractivity contribution >= 4 is 5.78 Å². The lowest BCUT2D eigenvalue weighted by Gasteiger charge is -2.35. The van der Waals surface area contributed by atoms with Crippen molar-refractivity contribution in [1.29, 1.82) is 0 Å². The molecule has 30 heavy (non-hydrogen) atoms. The van der Waals surface area contributed by atoms with E-state index in [4.69, 9.17) is 14.2 Å². The molecular weight excluding hydrogens is 384 g/mol. The Morgan fingerprint density at radius 2 is 1.80 bits per heavy atom. The summed E-state index contributed by atoms with van der Waals surface area (Å²) in [6, 6.07) is 13.2. The van der Waals surface area contributed by atoms with Crippen molar-refractivity contribution in [3.63, 3.8) is 0 Å². The van der Waals surface area contributed by atoms with Gasteiger partial charge in [0.25, 0.3) is 0 Å². The molecule has 0 aromatic heterocycles. The molecule has 1 fully saturated rings. The van der Waals surface area contributed by atoms with Gasteiger partial charge in [0.05, 0.1) is 5.56 Å². The van der Waals surface area contributed by atoms with Crippen LogP contribution in [0.25, 0.3) is 0 Å². The van der Waals surface area contributed by atoms with E-state index in [1.165, 1.54) is 12.5 Å². The summed E-state index contributed by atoms with van der Waals surface area (Å²) in [5, 5.41) is 10.4. The Labute approximate surface area is 176 Å². The summed E-state index contributed by atoms with van der Waals surface area (Å²) >= 11 is 0. The number of hydrogen-bond acceptors (Lipinski definition) is 7. The monoisotopic (exact) mass is 412 g/mol. The van der Waals surface area contributed by atoms with Crippen LogP contribution < -0.4 is 14.2 Å². The average Bonchev–Trinajstić information content (AvgIpc) is 3.22. The molecule has 160 valence electrons. The van der Waals surface area contributed by atoms with Gasteiger partial charge in [0.15, 0.2) is 17.3 Å². The van der Waals surface area contributed by atoms with Crippen molar-refractivity contribution in [2.45, 2.75) is 19.6 Å². The number of hydrogen-bond donors (Lipinski definition) is 1. The molecule has 2 aromatic rings. The van der Waals surface area contributed by atoms with E-state index in [1.54, 1.807) is 12.1 Å². The van der Waals surface area contributed by atoms with Gasteiger partial charge in [0.2, 0.25) is 6.79 Å². The molecular formula is C23H28N2O5. The number of ether oxygens (including phenoxy) is 3. The minimum atomic E-state index is -0.606. The highest BCUT2D eigenvalue weighted by Crippen LogP contribution is 2.32. The normalized spacial score (nSPS) is 17.7. The number of β-amino-alcohol motifs (C(OH)–C–C–N with tert-alkyl or cyclic N) is 1. The largest absolute Gasteiger partial charge is 0.490 e. The summed E-state index contributed by atoms with van der Waals surface area (Å²) in [6.45, 7) is 7.08. The fraction of sp³-hybridized carbons (Fsp3) is 0.435. The Morgan fingerprint density at radius 3 is 2.60 bits per heavy atom. The molecule has 0 amide bonds. The summed E-state index contributed by atoms with van der Waals surface area (Å²) in [6.07, 6.45) is -0.606. The van der Waals surface area contributed by atoms with Crippen molar-refractivity contribution in [3.8, 4) is 17.2 Å². The highest BCUT2D eigenvalue weighted by atomic mass is 16.7. The predicted molar refractivity (Wildman–Crippen MR) is 112 cm³/mol. The number of para-hydroxylation sites is 1. The van der Waals surface area contributed by atoms with Crippen LogP contribution in [0, 0.1) is 0 Å². The van der Waals surface area contributed by atoms with Crippen molar-refractivity contribution in [2.75, 3.05) is 46.1 Å². The van der Waals surface area contributed by atoms with Crippen LogP contribution >= 0.6 is 0 Å². The molecule has 7 heteroatoms. The van der Waals surface area contributed by atoms with Crippen LogP contribution in [0.1, 0.15) is 22.8 Å². The minimum Gasteiger partial charge on any atom is -0.490 e. The first kappa shape index (κ1) is 20.7. The second-order valence-electron chi connectivity index (χ2n) is 7.78. The maximum Gasteiger partial charge on any atom is 0.231 e. The van der Waals surface area contributed by atoms with Crippen LogP contribution in [-0.4, -0.2) is 72.9 Å².